The van der Waals surface area contributed by atoms with E-state index in [0.717, 1.165) is 31.5 Å². The molecule has 0 spiro atoms. The molecule has 1 saturated heterocycles. The zero-order valence-corrected chi connectivity index (χ0v) is 24.0. The van der Waals surface area contributed by atoms with Gasteiger partial charge in [-0.2, -0.15) is 5.10 Å². The Hall–Kier alpha value is -4.31. The molecule has 4 aromatic carbocycles. The highest BCUT2D eigenvalue weighted by molar-refractivity contribution is 14.1. The summed E-state index contributed by atoms with van der Waals surface area (Å²) < 4.78 is 1.10. The van der Waals surface area contributed by atoms with Crippen molar-refractivity contribution in [2.75, 3.05) is 16.8 Å². The first-order chi connectivity index (χ1) is 20.0. The van der Waals surface area contributed by atoms with Crippen LogP contribution >= 0.6 is 22.6 Å². The van der Waals surface area contributed by atoms with E-state index in [9.17, 15) is 14.4 Å². The van der Waals surface area contributed by atoms with Gasteiger partial charge < -0.3 is 5.32 Å². The first-order valence-corrected chi connectivity index (χ1v) is 14.5. The van der Waals surface area contributed by atoms with Crippen molar-refractivity contribution < 1.29 is 14.4 Å². The van der Waals surface area contributed by atoms with Crippen LogP contribution in [-0.2, 0) is 19.8 Å². The molecule has 2 N–H and O–H groups in total. The Balaban J connectivity index is 1.29. The van der Waals surface area contributed by atoms with Gasteiger partial charge in [0, 0.05) is 21.4 Å². The minimum absolute atomic E-state index is 0.0332. The molecule has 8 rings (SSSR count). The molecule has 2 bridgehead atoms. The van der Waals surface area contributed by atoms with Crippen LogP contribution in [0.1, 0.15) is 28.2 Å². The van der Waals surface area contributed by atoms with Gasteiger partial charge in [0.2, 0.25) is 11.8 Å². The summed E-state index contributed by atoms with van der Waals surface area (Å²) in [5.41, 5.74) is 6.93. The van der Waals surface area contributed by atoms with Crippen molar-refractivity contribution in [3.8, 4) is 0 Å². The standard InChI is InChI=1S/C33H25IN4O3/c34-20-14-16-21(17-15-20)35-18-27(39)37-36-19-33-25-12-6-4-10-23(25)28(24-11-5-7-13-26(24)33)29-30(33)32(41)38(31(29)40)22-8-2-1-3-9-22/h1-17,19,28-30,35H,18H2,(H,37,39)/b36-19-/t28?,29-,30-,33?/m0/s1. The van der Waals surface area contributed by atoms with Gasteiger partial charge in [0.25, 0.3) is 5.91 Å². The van der Waals surface area contributed by atoms with Gasteiger partial charge in [-0.3, -0.25) is 14.4 Å². The highest BCUT2D eigenvalue weighted by atomic mass is 127. The molecular weight excluding hydrogens is 627 g/mol. The lowest BCUT2D eigenvalue weighted by atomic mass is 9.47. The van der Waals surface area contributed by atoms with E-state index in [-0.39, 0.29) is 30.2 Å². The predicted molar refractivity (Wildman–Crippen MR) is 166 cm³/mol. The molecule has 1 aliphatic heterocycles. The highest BCUT2D eigenvalue weighted by Gasteiger charge is 2.68. The molecule has 0 radical (unpaired) electrons. The van der Waals surface area contributed by atoms with Gasteiger partial charge in [0.15, 0.2) is 0 Å². The van der Waals surface area contributed by atoms with E-state index >= 15 is 0 Å². The van der Waals surface area contributed by atoms with Crippen molar-refractivity contribution in [3.63, 3.8) is 0 Å². The van der Waals surface area contributed by atoms with Crippen LogP contribution < -0.4 is 15.6 Å². The number of anilines is 2. The molecule has 4 aromatic rings. The van der Waals surface area contributed by atoms with Gasteiger partial charge in [-0.1, -0.05) is 66.7 Å². The maximum absolute atomic E-state index is 14.3. The lowest BCUT2D eigenvalue weighted by Gasteiger charge is -2.52. The molecule has 41 heavy (non-hydrogen) atoms. The largest absolute Gasteiger partial charge is 0.376 e. The lowest BCUT2D eigenvalue weighted by molar-refractivity contribution is -0.122. The zero-order valence-electron chi connectivity index (χ0n) is 21.8. The molecule has 3 aliphatic carbocycles. The molecule has 2 atom stereocenters. The second kappa shape index (κ2) is 9.95. The molecule has 4 aliphatic rings. The van der Waals surface area contributed by atoms with Crippen LogP contribution in [0.2, 0.25) is 0 Å². The first kappa shape index (κ1) is 25.6. The number of nitrogens with one attached hydrogen (secondary N) is 2. The Labute approximate surface area is 250 Å². The summed E-state index contributed by atoms with van der Waals surface area (Å²) in [6.07, 6.45) is 1.68. The molecule has 202 valence electrons. The number of hydrazone groups is 1. The molecular formula is C33H25IN4O3. The number of hydrogen-bond donors (Lipinski definition) is 2. The molecule has 0 unspecified atom stereocenters. The quantitative estimate of drug-likeness (QED) is 0.132. The second-order valence-corrected chi connectivity index (χ2v) is 11.8. The summed E-state index contributed by atoms with van der Waals surface area (Å²) in [5, 5.41) is 7.56. The summed E-state index contributed by atoms with van der Waals surface area (Å²) >= 11 is 2.23. The van der Waals surface area contributed by atoms with Crippen LogP contribution in [0, 0.1) is 15.4 Å². The number of benzene rings is 4. The van der Waals surface area contributed by atoms with Crippen molar-refractivity contribution in [2.45, 2.75) is 11.3 Å². The number of amides is 3. The highest BCUT2D eigenvalue weighted by Crippen LogP contribution is 2.63. The van der Waals surface area contributed by atoms with Crippen LogP contribution in [0.3, 0.4) is 0 Å². The van der Waals surface area contributed by atoms with E-state index in [0.29, 0.717) is 5.69 Å². The second-order valence-electron chi connectivity index (χ2n) is 10.5. The molecule has 7 nitrogen and oxygen atoms in total. The van der Waals surface area contributed by atoms with Crippen molar-refractivity contribution in [3.05, 3.63) is 129 Å². The van der Waals surface area contributed by atoms with Crippen LogP contribution in [0.15, 0.2) is 108 Å². The van der Waals surface area contributed by atoms with Crippen molar-refractivity contribution in [1.29, 1.82) is 0 Å². The summed E-state index contributed by atoms with van der Waals surface area (Å²) in [7, 11) is 0. The number of carbonyl (C=O) groups is 3. The summed E-state index contributed by atoms with van der Waals surface area (Å²) in [6, 6.07) is 32.8. The minimum atomic E-state index is -1.03. The molecule has 3 amide bonds. The van der Waals surface area contributed by atoms with Gasteiger partial charge in [-0.25, -0.2) is 10.3 Å². The number of para-hydroxylation sites is 1. The third-order valence-electron chi connectivity index (χ3n) is 8.45. The van der Waals surface area contributed by atoms with Crippen molar-refractivity contribution in [2.24, 2.45) is 16.9 Å². The summed E-state index contributed by atoms with van der Waals surface area (Å²) in [6.45, 7) is 0.0332. The van der Waals surface area contributed by atoms with Crippen LogP contribution in [0.4, 0.5) is 11.4 Å². The van der Waals surface area contributed by atoms with Crippen molar-refractivity contribution >= 4 is 57.9 Å². The first-order valence-electron chi connectivity index (χ1n) is 13.4. The molecule has 8 heteroatoms. The third-order valence-corrected chi connectivity index (χ3v) is 9.17. The number of imide groups is 1. The van der Waals surface area contributed by atoms with E-state index < -0.39 is 17.3 Å². The summed E-state index contributed by atoms with van der Waals surface area (Å²) in [5.74, 6) is -2.31. The van der Waals surface area contributed by atoms with Gasteiger partial charge in [-0.05, 0) is 81.2 Å². The van der Waals surface area contributed by atoms with Gasteiger partial charge >= 0.3 is 0 Å². The summed E-state index contributed by atoms with van der Waals surface area (Å²) in [4.78, 5) is 42.5. The SMILES string of the molecule is O=C(CNc1ccc(I)cc1)N/N=C\C12c3ccccc3C(c3ccccc31)[C@@H]1C(=O)N(c3ccccc3)C(=O)[C@H]12. The normalized spacial score (nSPS) is 23.7. The number of carbonyl (C=O) groups excluding carboxylic acids is 3. The lowest BCUT2D eigenvalue weighted by Crippen LogP contribution is -2.54. The van der Waals surface area contributed by atoms with E-state index in [2.05, 4.69) is 38.4 Å². The maximum Gasteiger partial charge on any atom is 0.259 e. The Morgan fingerprint density at radius 1 is 0.829 bits per heavy atom. The van der Waals surface area contributed by atoms with E-state index in [1.807, 2.05) is 91.0 Å². The maximum atomic E-state index is 14.3. The molecule has 0 saturated carbocycles. The van der Waals surface area contributed by atoms with Crippen LogP contribution in [0.5, 0.6) is 0 Å². The third kappa shape index (κ3) is 3.92. The average Bonchev–Trinajstić information content (AvgIpc) is 3.28. The topological polar surface area (TPSA) is 90.9 Å². The van der Waals surface area contributed by atoms with E-state index in [1.54, 1.807) is 18.3 Å². The van der Waals surface area contributed by atoms with E-state index in [4.69, 9.17) is 0 Å². The molecule has 0 aromatic heterocycles. The monoisotopic (exact) mass is 652 g/mol. The zero-order chi connectivity index (χ0) is 28.1. The van der Waals surface area contributed by atoms with Gasteiger partial charge in [-0.15, -0.1) is 0 Å². The Kier molecular flexibility index (Phi) is 6.23. The fraction of sp³-hybridized carbons (Fsp3) is 0.152. The van der Waals surface area contributed by atoms with Gasteiger partial charge in [0.1, 0.15) is 0 Å². The molecule has 1 heterocycles. The van der Waals surface area contributed by atoms with E-state index in [1.165, 1.54) is 4.90 Å². The molecule has 1 fully saturated rings. The van der Waals surface area contributed by atoms with Crippen LogP contribution in [-0.4, -0.2) is 30.5 Å². The smallest absolute Gasteiger partial charge is 0.259 e. The fourth-order valence-corrected chi connectivity index (χ4v) is 7.24. The number of hydrogen-bond acceptors (Lipinski definition) is 5. The van der Waals surface area contributed by atoms with Gasteiger partial charge in [0.05, 0.1) is 29.5 Å². The Morgan fingerprint density at radius 2 is 1.44 bits per heavy atom. The minimum Gasteiger partial charge on any atom is -0.376 e. The number of nitrogens with zero attached hydrogens (tertiary/aromatic N) is 2. The predicted octanol–water partition coefficient (Wildman–Crippen LogP) is 5.06. The van der Waals surface area contributed by atoms with Crippen molar-refractivity contribution in [1.82, 2.24) is 5.43 Å². The number of rotatable bonds is 6. The Morgan fingerprint density at radius 3 is 2.10 bits per heavy atom. The number of halogens is 1. The van der Waals surface area contributed by atoms with Crippen LogP contribution in [0.25, 0.3) is 0 Å². The average molecular weight is 652 g/mol. The fourth-order valence-electron chi connectivity index (χ4n) is 6.88. The Bertz CT molecular complexity index is 1670.